The van der Waals surface area contributed by atoms with Crippen LogP contribution in [-0.4, -0.2) is 13.2 Å². The Morgan fingerprint density at radius 3 is 2.03 bits per heavy atom. The molecule has 2 rings (SSSR count). The average molecular weight is 427 g/mol. The van der Waals surface area contributed by atoms with Crippen molar-refractivity contribution in [3.05, 3.63) is 47.1 Å². The Morgan fingerprint density at radius 1 is 0.935 bits per heavy atom. The number of hydrogen-bond acceptors (Lipinski definition) is 2. The molecule has 174 valence electrons. The number of rotatable bonds is 14. The van der Waals surface area contributed by atoms with Gasteiger partial charge in [0.25, 0.3) is 0 Å². The highest BCUT2D eigenvalue weighted by Gasteiger charge is 2.31. The zero-order valence-electron chi connectivity index (χ0n) is 20.9. The number of allylic oxidation sites excluding steroid dienone is 3. The third kappa shape index (κ3) is 7.74. The summed E-state index contributed by atoms with van der Waals surface area (Å²) in [6.45, 7) is 17.0. The van der Waals surface area contributed by atoms with Gasteiger partial charge in [0.1, 0.15) is 11.5 Å². The van der Waals surface area contributed by atoms with Crippen LogP contribution in [0.3, 0.4) is 0 Å². The van der Waals surface area contributed by atoms with Crippen LogP contribution in [0.2, 0.25) is 0 Å². The molecular formula is C29H46O2. The molecule has 0 saturated carbocycles. The van der Waals surface area contributed by atoms with Crippen molar-refractivity contribution in [3.8, 4) is 11.5 Å². The fourth-order valence-corrected chi connectivity index (χ4v) is 4.51. The van der Waals surface area contributed by atoms with E-state index < -0.39 is 0 Å². The molecule has 0 aliphatic heterocycles. The van der Waals surface area contributed by atoms with Crippen LogP contribution in [0.1, 0.15) is 109 Å². The number of hydrogen-bond donors (Lipinski definition) is 0. The second-order valence-corrected chi connectivity index (χ2v) is 9.40. The van der Waals surface area contributed by atoms with Crippen molar-refractivity contribution in [3.63, 3.8) is 0 Å². The Hall–Kier alpha value is -1.70. The Balaban J connectivity index is 2.52. The minimum absolute atomic E-state index is 0.282. The lowest BCUT2D eigenvalue weighted by Crippen LogP contribution is -2.19. The molecule has 31 heavy (non-hydrogen) atoms. The highest BCUT2D eigenvalue weighted by atomic mass is 16.5. The second kappa shape index (κ2) is 13.7. The molecule has 2 heteroatoms. The molecule has 0 N–H and O–H groups in total. The molecule has 0 bridgehead atoms. The van der Waals surface area contributed by atoms with Gasteiger partial charge in [-0.15, -0.1) is 0 Å². The summed E-state index contributed by atoms with van der Waals surface area (Å²) in [6.07, 6.45) is 14.0. The summed E-state index contributed by atoms with van der Waals surface area (Å²) in [6, 6.07) is 4.61. The van der Waals surface area contributed by atoms with Crippen LogP contribution in [-0.2, 0) is 6.42 Å². The highest BCUT2D eigenvalue weighted by Crippen LogP contribution is 2.47. The van der Waals surface area contributed by atoms with Gasteiger partial charge < -0.3 is 9.47 Å². The lowest BCUT2D eigenvalue weighted by molar-refractivity contribution is 0.282. The molecule has 1 aliphatic rings. The number of benzene rings is 1. The minimum atomic E-state index is 0.282. The SMILES string of the molecule is C=C(C)[C@@H]1CCC(C)=C[C@H]1c1c(OCCCC)cc(CCCCC)cc1OCCCC. The zero-order valence-corrected chi connectivity index (χ0v) is 20.9. The minimum Gasteiger partial charge on any atom is -0.493 e. The quantitative estimate of drug-likeness (QED) is 0.218. The van der Waals surface area contributed by atoms with Gasteiger partial charge in [-0.05, 0) is 76.0 Å². The molecule has 0 radical (unpaired) electrons. The van der Waals surface area contributed by atoms with Crippen LogP contribution in [0.15, 0.2) is 35.9 Å². The van der Waals surface area contributed by atoms with Crippen molar-refractivity contribution in [2.24, 2.45) is 5.92 Å². The van der Waals surface area contributed by atoms with E-state index in [4.69, 9.17) is 9.47 Å². The molecule has 2 atom stereocenters. The molecule has 0 amide bonds. The fraction of sp³-hybridized carbons (Fsp3) is 0.655. The molecule has 2 nitrogen and oxygen atoms in total. The Morgan fingerprint density at radius 2 is 1.52 bits per heavy atom. The van der Waals surface area contributed by atoms with Crippen molar-refractivity contribution >= 4 is 0 Å². The van der Waals surface area contributed by atoms with Crippen LogP contribution >= 0.6 is 0 Å². The lowest BCUT2D eigenvalue weighted by Gasteiger charge is -2.33. The summed E-state index contributed by atoms with van der Waals surface area (Å²) in [4.78, 5) is 0. The zero-order chi connectivity index (χ0) is 22.6. The predicted octanol–water partition coefficient (Wildman–Crippen LogP) is 8.79. The van der Waals surface area contributed by atoms with Gasteiger partial charge >= 0.3 is 0 Å². The molecule has 1 aromatic carbocycles. The molecule has 0 heterocycles. The largest absolute Gasteiger partial charge is 0.493 e. The normalized spacial score (nSPS) is 18.5. The van der Waals surface area contributed by atoms with E-state index in [1.807, 2.05) is 0 Å². The number of unbranched alkanes of at least 4 members (excludes halogenated alkanes) is 4. The van der Waals surface area contributed by atoms with Crippen LogP contribution in [0.25, 0.3) is 0 Å². The van der Waals surface area contributed by atoms with Crippen molar-refractivity contribution in [1.82, 2.24) is 0 Å². The van der Waals surface area contributed by atoms with Gasteiger partial charge in [-0.2, -0.15) is 0 Å². The summed E-state index contributed by atoms with van der Waals surface area (Å²) >= 11 is 0. The molecule has 0 aromatic heterocycles. The fourth-order valence-electron chi connectivity index (χ4n) is 4.51. The van der Waals surface area contributed by atoms with E-state index in [9.17, 15) is 0 Å². The van der Waals surface area contributed by atoms with E-state index in [-0.39, 0.29) is 5.92 Å². The molecule has 0 spiro atoms. The molecular weight excluding hydrogens is 380 g/mol. The van der Waals surface area contributed by atoms with Crippen molar-refractivity contribution < 1.29 is 9.47 Å². The lowest BCUT2D eigenvalue weighted by atomic mass is 9.73. The van der Waals surface area contributed by atoms with Crippen LogP contribution < -0.4 is 9.47 Å². The van der Waals surface area contributed by atoms with Crippen molar-refractivity contribution in [1.29, 1.82) is 0 Å². The Labute approximate surface area is 192 Å². The molecule has 0 saturated heterocycles. The van der Waals surface area contributed by atoms with Gasteiger partial charge in [0.2, 0.25) is 0 Å². The van der Waals surface area contributed by atoms with Gasteiger partial charge in [-0.3, -0.25) is 0 Å². The van der Waals surface area contributed by atoms with Crippen molar-refractivity contribution in [2.75, 3.05) is 13.2 Å². The van der Waals surface area contributed by atoms with E-state index in [0.29, 0.717) is 5.92 Å². The predicted molar refractivity (Wildman–Crippen MR) is 135 cm³/mol. The van der Waals surface area contributed by atoms with Gasteiger partial charge in [0.05, 0.1) is 13.2 Å². The summed E-state index contributed by atoms with van der Waals surface area (Å²) in [5, 5.41) is 0. The molecule has 0 unspecified atom stereocenters. The summed E-state index contributed by atoms with van der Waals surface area (Å²) in [5.41, 5.74) is 5.32. The number of aryl methyl sites for hydroxylation is 1. The summed E-state index contributed by atoms with van der Waals surface area (Å²) in [5.74, 6) is 2.80. The highest BCUT2D eigenvalue weighted by molar-refractivity contribution is 5.53. The summed E-state index contributed by atoms with van der Waals surface area (Å²) < 4.78 is 12.9. The van der Waals surface area contributed by atoms with E-state index >= 15 is 0 Å². The second-order valence-electron chi connectivity index (χ2n) is 9.40. The third-order valence-electron chi connectivity index (χ3n) is 6.46. The maximum absolute atomic E-state index is 6.45. The Bertz CT molecular complexity index is 684. The average Bonchev–Trinajstić information content (AvgIpc) is 2.74. The first-order chi connectivity index (χ1) is 15.0. The van der Waals surface area contributed by atoms with Crippen LogP contribution in [0, 0.1) is 5.92 Å². The van der Waals surface area contributed by atoms with E-state index in [2.05, 4.69) is 59.4 Å². The monoisotopic (exact) mass is 426 g/mol. The van der Waals surface area contributed by atoms with Gasteiger partial charge in [-0.1, -0.05) is 70.3 Å². The molecule has 0 fully saturated rings. The first-order valence-electron chi connectivity index (χ1n) is 12.8. The van der Waals surface area contributed by atoms with E-state index in [0.717, 1.165) is 69.7 Å². The van der Waals surface area contributed by atoms with Gasteiger partial charge in [0.15, 0.2) is 0 Å². The van der Waals surface area contributed by atoms with Crippen LogP contribution in [0.5, 0.6) is 11.5 Å². The van der Waals surface area contributed by atoms with E-state index in [1.165, 1.54) is 41.5 Å². The molecule has 1 aromatic rings. The van der Waals surface area contributed by atoms with Gasteiger partial charge in [-0.25, -0.2) is 0 Å². The number of ether oxygens (including phenoxy) is 2. The third-order valence-corrected chi connectivity index (χ3v) is 6.46. The topological polar surface area (TPSA) is 18.5 Å². The standard InChI is InChI=1S/C29H46O2/c1-7-10-13-14-24-20-27(30-17-11-8-2)29(28(21-24)31-18-12-9-3)26-19-23(6)15-16-25(26)22(4)5/h19-21,25-26H,4,7-18H2,1-3,5-6H3/t25-,26+/m0/s1. The van der Waals surface area contributed by atoms with E-state index in [1.54, 1.807) is 0 Å². The Kier molecular flexibility index (Phi) is 11.3. The van der Waals surface area contributed by atoms with Gasteiger partial charge in [0, 0.05) is 11.5 Å². The molecule has 1 aliphatic carbocycles. The van der Waals surface area contributed by atoms with Crippen molar-refractivity contribution in [2.45, 2.75) is 105 Å². The first kappa shape index (κ1) is 25.6. The summed E-state index contributed by atoms with van der Waals surface area (Å²) in [7, 11) is 0. The smallest absolute Gasteiger partial charge is 0.127 e. The maximum Gasteiger partial charge on any atom is 0.127 e. The maximum atomic E-state index is 6.45. The van der Waals surface area contributed by atoms with Crippen LogP contribution in [0.4, 0.5) is 0 Å². The first-order valence-corrected chi connectivity index (χ1v) is 12.8.